The quantitative estimate of drug-likeness (QED) is 0.638. The Balaban J connectivity index is 1.37. The molecule has 2 aliphatic heterocycles. The maximum absolute atomic E-state index is 13.3. The lowest BCUT2D eigenvalue weighted by Crippen LogP contribution is -2.45. The first-order valence-corrected chi connectivity index (χ1v) is 11.9. The Bertz CT molecular complexity index is 1100. The van der Waals surface area contributed by atoms with Gasteiger partial charge in [0, 0.05) is 25.2 Å². The van der Waals surface area contributed by atoms with Gasteiger partial charge in [0.25, 0.3) is 5.91 Å². The van der Waals surface area contributed by atoms with Gasteiger partial charge in [0.1, 0.15) is 17.3 Å². The van der Waals surface area contributed by atoms with Gasteiger partial charge in [0.15, 0.2) is 0 Å². The molecule has 33 heavy (non-hydrogen) atoms. The number of carbonyl (C=O) groups excluding carboxylic acids is 1. The molecule has 0 saturated carbocycles. The topological polar surface area (TPSA) is 72.3 Å². The number of nitrogens with zero attached hydrogens (tertiary/aromatic N) is 4. The van der Waals surface area contributed by atoms with Gasteiger partial charge in [-0.1, -0.05) is 36.8 Å². The molecule has 4 heterocycles. The largest absolute Gasteiger partial charge is 0.372 e. The fraction of sp³-hybridized carbons (Fsp3) is 0.423. The van der Waals surface area contributed by atoms with Crippen LogP contribution < -0.4 is 10.2 Å². The van der Waals surface area contributed by atoms with Crippen molar-refractivity contribution in [1.29, 1.82) is 0 Å². The molecule has 2 atom stereocenters. The summed E-state index contributed by atoms with van der Waals surface area (Å²) < 4.78 is 8.05. The van der Waals surface area contributed by atoms with E-state index >= 15 is 0 Å². The number of hydrogen-bond donors (Lipinski definition) is 1. The smallest absolute Gasteiger partial charge is 0.276 e. The zero-order valence-corrected chi connectivity index (χ0v) is 19.3. The summed E-state index contributed by atoms with van der Waals surface area (Å²) in [5.74, 6) is 1.60. The number of anilines is 2. The van der Waals surface area contributed by atoms with E-state index in [1.807, 2.05) is 30.3 Å². The number of pyridine rings is 1. The van der Waals surface area contributed by atoms with Gasteiger partial charge in [-0.25, -0.2) is 9.97 Å². The third kappa shape index (κ3) is 4.64. The highest BCUT2D eigenvalue weighted by molar-refractivity contribution is 6.04. The van der Waals surface area contributed by atoms with E-state index in [0.717, 1.165) is 61.8 Å². The minimum atomic E-state index is -0.175. The SMILES string of the molecule is CC1CN(c2ccc(NC(=O)c3nc(-c4ccccc4)n4c3CCCCC4)cn2)CC(C)O1. The third-order valence-corrected chi connectivity index (χ3v) is 6.36. The van der Waals surface area contributed by atoms with E-state index in [0.29, 0.717) is 11.4 Å². The van der Waals surface area contributed by atoms with Gasteiger partial charge >= 0.3 is 0 Å². The number of fused-ring (bicyclic) bond motifs is 1. The van der Waals surface area contributed by atoms with Crippen LogP contribution in [0.15, 0.2) is 48.7 Å². The Kier molecular flexibility index (Phi) is 6.13. The fourth-order valence-electron chi connectivity index (χ4n) is 4.91. The second kappa shape index (κ2) is 9.35. The average Bonchev–Trinajstić information content (AvgIpc) is 3.00. The van der Waals surface area contributed by atoms with Crippen molar-refractivity contribution in [1.82, 2.24) is 14.5 Å². The molecular weight excluding hydrogens is 414 g/mol. The average molecular weight is 446 g/mol. The van der Waals surface area contributed by atoms with Crippen LogP contribution >= 0.6 is 0 Å². The van der Waals surface area contributed by atoms with Crippen LogP contribution in [0, 0.1) is 0 Å². The summed E-state index contributed by atoms with van der Waals surface area (Å²) >= 11 is 0. The van der Waals surface area contributed by atoms with Crippen molar-refractivity contribution in [3.05, 3.63) is 60.0 Å². The Morgan fingerprint density at radius 3 is 2.55 bits per heavy atom. The van der Waals surface area contributed by atoms with Gasteiger partial charge in [-0.3, -0.25) is 4.79 Å². The molecule has 0 bridgehead atoms. The van der Waals surface area contributed by atoms with E-state index in [4.69, 9.17) is 9.72 Å². The molecule has 2 aliphatic rings. The zero-order chi connectivity index (χ0) is 22.8. The van der Waals surface area contributed by atoms with Crippen LogP contribution in [0.4, 0.5) is 11.5 Å². The van der Waals surface area contributed by atoms with Gasteiger partial charge < -0.3 is 19.5 Å². The summed E-state index contributed by atoms with van der Waals surface area (Å²) in [6.07, 6.45) is 6.29. The molecule has 0 radical (unpaired) electrons. The van der Waals surface area contributed by atoms with Gasteiger partial charge in [-0.05, 0) is 45.2 Å². The number of carbonyl (C=O) groups is 1. The molecule has 1 amide bonds. The predicted molar refractivity (Wildman–Crippen MR) is 130 cm³/mol. The van der Waals surface area contributed by atoms with Crippen LogP contribution in [-0.2, 0) is 17.7 Å². The first-order chi connectivity index (χ1) is 16.1. The van der Waals surface area contributed by atoms with Crippen molar-refractivity contribution in [2.24, 2.45) is 0 Å². The van der Waals surface area contributed by atoms with Crippen molar-refractivity contribution in [2.75, 3.05) is 23.3 Å². The van der Waals surface area contributed by atoms with Crippen LogP contribution in [0.5, 0.6) is 0 Å². The van der Waals surface area contributed by atoms with Crippen molar-refractivity contribution < 1.29 is 9.53 Å². The number of amides is 1. The second-order valence-electron chi connectivity index (χ2n) is 9.08. The Morgan fingerprint density at radius 2 is 1.82 bits per heavy atom. The molecule has 1 N–H and O–H groups in total. The lowest BCUT2D eigenvalue weighted by molar-refractivity contribution is -0.00545. The molecule has 172 valence electrons. The molecule has 2 aromatic heterocycles. The monoisotopic (exact) mass is 445 g/mol. The molecule has 1 saturated heterocycles. The number of hydrogen-bond acceptors (Lipinski definition) is 5. The Labute approximate surface area is 194 Å². The molecule has 3 aromatic rings. The minimum Gasteiger partial charge on any atom is -0.372 e. The highest BCUT2D eigenvalue weighted by Gasteiger charge is 2.25. The lowest BCUT2D eigenvalue weighted by Gasteiger charge is -2.36. The molecule has 0 spiro atoms. The first-order valence-electron chi connectivity index (χ1n) is 11.9. The molecule has 1 aromatic carbocycles. The maximum atomic E-state index is 13.3. The number of nitrogens with one attached hydrogen (secondary N) is 1. The lowest BCUT2D eigenvalue weighted by atomic mass is 10.1. The summed E-state index contributed by atoms with van der Waals surface area (Å²) in [6.45, 7) is 6.67. The summed E-state index contributed by atoms with van der Waals surface area (Å²) in [6, 6.07) is 14.0. The second-order valence-corrected chi connectivity index (χ2v) is 9.08. The molecule has 5 rings (SSSR count). The maximum Gasteiger partial charge on any atom is 0.276 e. The standard InChI is InChI=1S/C26H31N5O2/c1-18-16-30(17-19(2)33-18)23-13-12-21(15-27-23)28-26(32)24-22-11-7-4-8-14-31(22)25(29-24)20-9-5-3-6-10-20/h3,5-6,9-10,12-13,15,18-19H,4,7-8,11,14,16-17H2,1-2H3,(H,28,32). The van der Waals surface area contributed by atoms with Gasteiger partial charge in [0.05, 0.1) is 29.8 Å². The highest BCUT2D eigenvalue weighted by Crippen LogP contribution is 2.28. The zero-order valence-electron chi connectivity index (χ0n) is 19.3. The Hall–Kier alpha value is -3.19. The van der Waals surface area contributed by atoms with Gasteiger partial charge in [-0.2, -0.15) is 0 Å². The van der Waals surface area contributed by atoms with Crippen LogP contribution in [0.2, 0.25) is 0 Å². The molecular formula is C26H31N5O2. The van der Waals surface area contributed by atoms with E-state index in [1.54, 1.807) is 6.20 Å². The molecule has 7 heteroatoms. The number of imidazole rings is 1. The Morgan fingerprint density at radius 1 is 1.03 bits per heavy atom. The fourth-order valence-corrected chi connectivity index (χ4v) is 4.91. The van der Waals surface area contributed by atoms with Gasteiger partial charge in [0.2, 0.25) is 0 Å². The van der Waals surface area contributed by atoms with Crippen molar-refractivity contribution >= 4 is 17.4 Å². The number of aromatic nitrogens is 3. The van der Waals surface area contributed by atoms with E-state index in [9.17, 15) is 4.79 Å². The molecule has 7 nitrogen and oxygen atoms in total. The van der Waals surface area contributed by atoms with Crippen molar-refractivity contribution in [3.8, 4) is 11.4 Å². The van der Waals surface area contributed by atoms with Gasteiger partial charge in [-0.15, -0.1) is 0 Å². The summed E-state index contributed by atoms with van der Waals surface area (Å²) in [5.41, 5.74) is 3.27. The molecule has 0 aliphatic carbocycles. The molecule has 2 unspecified atom stereocenters. The van der Waals surface area contributed by atoms with E-state index in [-0.39, 0.29) is 18.1 Å². The summed E-state index contributed by atoms with van der Waals surface area (Å²) in [5, 5.41) is 3.02. The predicted octanol–water partition coefficient (Wildman–Crippen LogP) is 4.54. The van der Waals surface area contributed by atoms with Crippen LogP contribution in [0.1, 0.15) is 49.3 Å². The highest BCUT2D eigenvalue weighted by atomic mass is 16.5. The van der Waals surface area contributed by atoms with E-state index < -0.39 is 0 Å². The van der Waals surface area contributed by atoms with E-state index in [1.165, 1.54) is 6.42 Å². The minimum absolute atomic E-state index is 0.171. The summed E-state index contributed by atoms with van der Waals surface area (Å²) in [4.78, 5) is 24.9. The number of ether oxygens (including phenoxy) is 1. The number of morpholine rings is 1. The van der Waals surface area contributed by atoms with Crippen LogP contribution in [0.3, 0.4) is 0 Å². The number of benzene rings is 1. The third-order valence-electron chi connectivity index (χ3n) is 6.36. The number of rotatable bonds is 4. The van der Waals surface area contributed by atoms with Crippen LogP contribution in [-0.4, -0.2) is 45.7 Å². The van der Waals surface area contributed by atoms with E-state index in [2.05, 4.69) is 45.7 Å². The molecule has 1 fully saturated rings. The normalized spacial score (nSPS) is 20.7. The first kappa shape index (κ1) is 21.6. The van der Waals surface area contributed by atoms with Crippen molar-refractivity contribution in [2.45, 2.75) is 58.3 Å². The van der Waals surface area contributed by atoms with Crippen LogP contribution in [0.25, 0.3) is 11.4 Å². The van der Waals surface area contributed by atoms with Crippen molar-refractivity contribution in [3.63, 3.8) is 0 Å². The summed E-state index contributed by atoms with van der Waals surface area (Å²) in [7, 11) is 0.